The number of ketones is 1. The van der Waals surface area contributed by atoms with E-state index in [-0.39, 0.29) is 17.2 Å². The Bertz CT molecular complexity index is 1710. The van der Waals surface area contributed by atoms with Gasteiger partial charge in [0.15, 0.2) is 5.78 Å². The zero-order chi connectivity index (χ0) is 26.1. The van der Waals surface area contributed by atoms with Crippen molar-refractivity contribution >= 4 is 50.3 Å². The van der Waals surface area contributed by atoms with E-state index in [1.807, 2.05) is 24.3 Å². The van der Waals surface area contributed by atoms with E-state index in [4.69, 9.17) is 15.2 Å². The molecule has 37 heavy (non-hydrogen) atoms. The molecule has 0 amide bonds. The van der Waals surface area contributed by atoms with E-state index in [2.05, 4.69) is 23.5 Å². The van der Waals surface area contributed by atoms with Crippen molar-refractivity contribution in [2.45, 2.75) is 0 Å². The zero-order valence-electron chi connectivity index (χ0n) is 20.0. The van der Waals surface area contributed by atoms with Gasteiger partial charge in [-0.2, -0.15) is 0 Å². The van der Waals surface area contributed by atoms with Gasteiger partial charge in [0.2, 0.25) is 0 Å². The second-order valence-electron chi connectivity index (χ2n) is 8.29. The summed E-state index contributed by atoms with van der Waals surface area (Å²) in [4.78, 5) is 36.8. The Morgan fingerprint density at radius 1 is 0.919 bits per heavy atom. The maximum Gasteiger partial charge on any atom is 0.253 e. The Kier molecular flexibility index (Phi) is 6.33. The van der Waals surface area contributed by atoms with Crippen molar-refractivity contribution in [2.75, 3.05) is 25.3 Å². The molecule has 1 heterocycles. The minimum Gasteiger partial charge on any atom is -0.496 e. The smallest absolute Gasteiger partial charge is 0.253 e. The number of nitrogens with two attached hydrogens (primary N) is 1. The lowest BCUT2D eigenvalue weighted by atomic mass is 10.0. The van der Waals surface area contributed by atoms with Crippen LogP contribution in [0.3, 0.4) is 0 Å². The number of hydrogen-bond donors (Lipinski definition) is 2. The summed E-state index contributed by atoms with van der Waals surface area (Å²) in [5, 5.41) is 3.97. The Balaban J connectivity index is 1.40. The fourth-order valence-electron chi connectivity index (χ4n) is 4.02. The first-order chi connectivity index (χ1) is 17.9. The van der Waals surface area contributed by atoms with Crippen molar-refractivity contribution in [1.29, 1.82) is 0 Å². The van der Waals surface area contributed by atoms with E-state index in [1.165, 1.54) is 10.8 Å². The van der Waals surface area contributed by atoms with Crippen LogP contribution in [0.1, 0.15) is 15.9 Å². The molecule has 4 aromatic carbocycles. The summed E-state index contributed by atoms with van der Waals surface area (Å²) in [6, 6.07) is 20.6. The van der Waals surface area contributed by atoms with Gasteiger partial charge in [-0.25, -0.2) is 0 Å². The highest BCUT2D eigenvalue weighted by Gasteiger charge is 2.18. The molecule has 0 aliphatic carbocycles. The Morgan fingerprint density at radius 3 is 2.32 bits per heavy atom. The van der Waals surface area contributed by atoms with Gasteiger partial charge < -0.3 is 20.5 Å². The van der Waals surface area contributed by atoms with Gasteiger partial charge in [-0.05, 0) is 60.0 Å². The Hall–Kier alpha value is -4.69. The summed E-state index contributed by atoms with van der Waals surface area (Å²) < 4.78 is 12.4. The third-order valence-corrected chi connectivity index (χ3v) is 7.19. The average molecular weight is 511 g/mol. The maximum atomic E-state index is 12.9. The van der Waals surface area contributed by atoms with E-state index in [9.17, 15) is 14.4 Å². The predicted octanol–water partition coefficient (Wildman–Crippen LogP) is 5.40. The van der Waals surface area contributed by atoms with Gasteiger partial charge in [-0.15, -0.1) is 11.3 Å². The number of fused-ring (bicyclic) bond motifs is 1. The SMILES string of the molecule is COc1cc(OC)c(-c2cc3ccccc3s2)cc1/C=C/C(=O)c1ccc(Nc2c(N)c(=O)c2=O)cc1. The van der Waals surface area contributed by atoms with Crippen LogP contribution in [0, 0.1) is 0 Å². The molecule has 7 nitrogen and oxygen atoms in total. The summed E-state index contributed by atoms with van der Waals surface area (Å²) in [6.07, 6.45) is 3.20. The maximum absolute atomic E-state index is 12.9. The number of carbonyl (C=O) groups is 1. The van der Waals surface area contributed by atoms with Crippen molar-refractivity contribution < 1.29 is 14.3 Å². The number of nitrogen functional groups attached to an aromatic ring is 1. The van der Waals surface area contributed by atoms with Crippen molar-refractivity contribution in [3.63, 3.8) is 0 Å². The Labute approximate surface area is 216 Å². The molecule has 1 aromatic heterocycles. The van der Waals surface area contributed by atoms with Crippen molar-refractivity contribution in [3.05, 3.63) is 104 Å². The summed E-state index contributed by atoms with van der Waals surface area (Å²) in [5.74, 6) is 1.05. The zero-order valence-corrected chi connectivity index (χ0v) is 20.8. The minimum absolute atomic E-state index is 0.0741. The standard InChI is InChI=1S/C29H22N2O5S/c1-35-22-15-23(36-2)20(25-14-18-5-3-4-6-24(18)37-25)13-17(22)9-12-21(32)16-7-10-19(11-8-16)31-27-26(30)28(33)29(27)34/h3-15,31H,30H2,1-2H3/b12-9+. The molecule has 0 radical (unpaired) electrons. The first kappa shape index (κ1) is 24.0. The molecule has 184 valence electrons. The molecule has 0 unspecified atom stereocenters. The van der Waals surface area contributed by atoms with Gasteiger partial charge in [0, 0.05) is 38.0 Å². The molecule has 0 spiro atoms. The second kappa shape index (κ2) is 9.75. The van der Waals surface area contributed by atoms with Crippen molar-refractivity contribution in [3.8, 4) is 21.9 Å². The molecule has 5 rings (SSSR count). The Morgan fingerprint density at radius 2 is 1.65 bits per heavy atom. The molecule has 3 N–H and O–H groups in total. The number of carbonyl (C=O) groups excluding carboxylic acids is 1. The van der Waals surface area contributed by atoms with E-state index in [0.717, 1.165) is 21.4 Å². The van der Waals surface area contributed by atoms with Gasteiger partial charge in [0.05, 0.1) is 14.2 Å². The van der Waals surface area contributed by atoms with E-state index >= 15 is 0 Å². The molecule has 8 heteroatoms. The van der Waals surface area contributed by atoms with Crippen LogP contribution in [0.5, 0.6) is 11.5 Å². The van der Waals surface area contributed by atoms with Gasteiger partial charge in [-0.3, -0.25) is 14.4 Å². The summed E-state index contributed by atoms with van der Waals surface area (Å²) in [7, 11) is 3.19. The number of methoxy groups -OCH3 is 2. The highest BCUT2D eigenvalue weighted by molar-refractivity contribution is 7.22. The van der Waals surface area contributed by atoms with E-state index in [0.29, 0.717) is 22.7 Å². The van der Waals surface area contributed by atoms with Gasteiger partial charge in [-0.1, -0.05) is 18.2 Å². The molecule has 0 bridgehead atoms. The number of allylic oxidation sites excluding steroid dienone is 1. The van der Waals surface area contributed by atoms with Crippen LogP contribution >= 0.6 is 11.3 Å². The normalized spacial score (nSPS) is 11.3. The summed E-state index contributed by atoms with van der Waals surface area (Å²) in [5.41, 5.74) is 6.84. The number of thiophene rings is 1. The molecular weight excluding hydrogens is 488 g/mol. The molecular formula is C29H22N2O5S. The first-order valence-corrected chi connectivity index (χ1v) is 12.1. The predicted molar refractivity (Wildman–Crippen MR) is 149 cm³/mol. The number of hydrogen-bond acceptors (Lipinski definition) is 8. The quantitative estimate of drug-likeness (QED) is 0.163. The van der Waals surface area contributed by atoms with Crippen LogP contribution in [0.25, 0.3) is 26.6 Å². The van der Waals surface area contributed by atoms with Crippen LogP contribution in [-0.2, 0) is 0 Å². The van der Waals surface area contributed by atoms with Crippen LogP contribution in [0.4, 0.5) is 17.1 Å². The minimum atomic E-state index is -0.691. The number of nitrogens with one attached hydrogen (secondary N) is 1. The fourth-order valence-corrected chi connectivity index (χ4v) is 5.10. The molecule has 0 fully saturated rings. The number of anilines is 3. The van der Waals surface area contributed by atoms with Crippen LogP contribution in [0.15, 0.2) is 82.4 Å². The lowest BCUT2D eigenvalue weighted by molar-refractivity contribution is 0.104. The molecule has 0 saturated carbocycles. The van der Waals surface area contributed by atoms with E-state index in [1.54, 1.807) is 55.9 Å². The van der Waals surface area contributed by atoms with Crippen molar-refractivity contribution in [1.82, 2.24) is 0 Å². The number of rotatable bonds is 8. The number of ether oxygens (including phenoxy) is 2. The summed E-state index contributed by atoms with van der Waals surface area (Å²) >= 11 is 1.67. The molecule has 0 aliphatic heterocycles. The molecule has 5 aromatic rings. The molecule has 0 aliphatic rings. The first-order valence-electron chi connectivity index (χ1n) is 11.3. The fraction of sp³-hybridized carbons (Fsp3) is 0.0690. The largest absolute Gasteiger partial charge is 0.496 e. The second-order valence-corrected chi connectivity index (χ2v) is 9.37. The lowest BCUT2D eigenvalue weighted by Gasteiger charge is -2.12. The lowest BCUT2D eigenvalue weighted by Crippen LogP contribution is -2.36. The molecule has 0 atom stereocenters. The monoisotopic (exact) mass is 510 g/mol. The molecule has 0 saturated heterocycles. The average Bonchev–Trinajstić information content (AvgIpc) is 3.38. The highest BCUT2D eigenvalue weighted by Crippen LogP contribution is 2.41. The van der Waals surface area contributed by atoms with Crippen LogP contribution in [0.2, 0.25) is 0 Å². The van der Waals surface area contributed by atoms with Crippen LogP contribution in [-0.4, -0.2) is 20.0 Å². The van der Waals surface area contributed by atoms with Gasteiger partial charge in [0.1, 0.15) is 22.9 Å². The third-order valence-electron chi connectivity index (χ3n) is 6.04. The van der Waals surface area contributed by atoms with E-state index < -0.39 is 10.9 Å². The highest BCUT2D eigenvalue weighted by atomic mass is 32.1. The van der Waals surface area contributed by atoms with Crippen molar-refractivity contribution in [2.24, 2.45) is 0 Å². The van der Waals surface area contributed by atoms with Gasteiger partial charge in [0.25, 0.3) is 10.9 Å². The summed E-state index contributed by atoms with van der Waals surface area (Å²) in [6.45, 7) is 0. The van der Waals surface area contributed by atoms with Crippen LogP contribution < -0.4 is 31.4 Å². The topological polar surface area (TPSA) is 108 Å². The van der Waals surface area contributed by atoms with Gasteiger partial charge >= 0.3 is 0 Å². The number of benzene rings is 3. The third kappa shape index (κ3) is 4.50.